The Balaban J connectivity index is 0.000000956. The lowest BCUT2D eigenvalue weighted by molar-refractivity contribution is -0.136. The monoisotopic (exact) mass is 278 g/mol. The fourth-order valence-electron chi connectivity index (χ4n) is 1.93. The predicted octanol–water partition coefficient (Wildman–Crippen LogP) is 0.870. The van der Waals surface area contributed by atoms with E-state index in [4.69, 9.17) is 15.4 Å². The van der Waals surface area contributed by atoms with Gasteiger partial charge in [0.2, 0.25) is 0 Å². The molecule has 0 unspecified atom stereocenters. The Hall–Kier alpha value is -2.38. The smallest absolute Gasteiger partial charge is 0.307 e. The zero-order chi connectivity index (χ0) is 15.3. The standard InChI is InChI=1S/C13H14N2O3.H4N2/c1-7-3-4-9-10(6-12(16)17)13(8(2)15-14)18-11(9)5-7;1-2/h3-5H,6,14H2,1-2H3,(H,16,17);1-2H2/b15-8+;. The van der Waals surface area contributed by atoms with Gasteiger partial charge >= 0.3 is 5.97 Å². The van der Waals surface area contributed by atoms with Crippen LogP contribution in [0, 0.1) is 6.92 Å². The number of rotatable bonds is 3. The van der Waals surface area contributed by atoms with Crippen molar-refractivity contribution in [2.24, 2.45) is 22.6 Å². The van der Waals surface area contributed by atoms with Crippen molar-refractivity contribution in [1.82, 2.24) is 0 Å². The number of aryl methyl sites for hydroxylation is 1. The van der Waals surface area contributed by atoms with E-state index in [2.05, 4.69) is 16.8 Å². The highest BCUT2D eigenvalue weighted by Gasteiger charge is 2.18. The maximum absolute atomic E-state index is 10.9. The van der Waals surface area contributed by atoms with E-state index < -0.39 is 5.97 Å². The number of furan rings is 1. The molecule has 0 saturated heterocycles. The van der Waals surface area contributed by atoms with Crippen LogP contribution in [0.1, 0.15) is 23.8 Å². The molecule has 0 spiro atoms. The Labute approximate surface area is 116 Å². The fourth-order valence-corrected chi connectivity index (χ4v) is 1.93. The van der Waals surface area contributed by atoms with Crippen LogP contribution in [0.15, 0.2) is 27.7 Å². The first-order chi connectivity index (χ1) is 9.52. The van der Waals surface area contributed by atoms with Crippen molar-refractivity contribution in [2.75, 3.05) is 0 Å². The number of hydrazine groups is 1. The molecule has 0 aliphatic rings. The van der Waals surface area contributed by atoms with Gasteiger partial charge in [0.25, 0.3) is 0 Å². The molecule has 1 heterocycles. The Morgan fingerprint density at radius 2 is 2.05 bits per heavy atom. The molecule has 20 heavy (non-hydrogen) atoms. The minimum absolute atomic E-state index is 0.113. The summed E-state index contributed by atoms with van der Waals surface area (Å²) in [4.78, 5) is 10.9. The average Bonchev–Trinajstić information content (AvgIpc) is 2.77. The van der Waals surface area contributed by atoms with Gasteiger partial charge in [0.1, 0.15) is 5.58 Å². The van der Waals surface area contributed by atoms with Gasteiger partial charge in [0, 0.05) is 10.9 Å². The van der Waals surface area contributed by atoms with Crippen molar-refractivity contribution >= 4 is 22.7 Å². The number of aliphatic carboxylic acids is 1. The van der Waals surface area contributed by atoms with Gasteiger partial charge in [0.05, 0.1) is 12.1 Å². The third-order valence-corrected chi connectivity index (χ3v) is 2.80. The second-order valence-electron chi connectivity index (χ2n) is 4.19. The highest BCUT2D eigenvalue weighted by Crippen LogP contribution is 2.28. The van der Waals surface area contributed by atoms with Crippen molar-refractivity contribution in [1.29, 1.82) is 0 Å². The zero-order valence-electron chi connectivity index (χ0n) is 11.4. The molecule has 2 rings (SSSR count). The number of nitrogens with zero attached hydrogens (tertiary/aromatic N) is 1. The lowest BCUT2D eigenvalue weighted by atomic mass is 10.0. The minimum atomic E-state index is -0.913. The fraction of sp³-hybridized carbons (Fsp3) is 0.231. The number of carboxylic acid groups (broad SMARTS) is 1. The van der Waals surface area contributed by atoms with Gasteiger partial charge in [-0.15, -0.1) is 0 Å². The summed E-state index contributed by atoms with van der Waals surface area (Å²) in [5.41, 5.74) is 2.81. The molecule has 1 aromatic carbocycles. The summed E-state index contributed by atoms with van der Waals surface area (Å²) in [5.74, 6) is 12.8. The van der Waals surface area contributed by atoms with Crippen LogP contribution in [0.3, 0.4) is 0 Å². The van der Waals surface area contributed by atoms with Crippen molar-refractivity contribution in [3.8, 4) is 0 Å². The van der Waals surface area contributed by atoms with Gasteiger partial charge in [0.15, 0.2) is 5.76 Å². The number of carbonyl (C=O) groups is 1. The van der Waals surface area contributed by atoms with E-state index in [0.29, 0.717) is 22.6 Å². The highest BCUT2D eigenvalue weighted by atomic mass is 16.4. The first-order valence-corrected chi connectivity index (χ1v) is 5.85. The predicted molar refractivity (Wildman–Crippen MR) is 77.1 cm³/mol. The molecular weight excluding hydrogens is 260 g/mol. The van der Waals surface area contributed by atoms with Gasteiger partial charge in [-0.25, -0.2) is 0 Å². The van der Waals surface area contributed by atoms with E-state index in [0.717, 1.165) is 10.9 Å². The summed E-state index contributed by atoms with van der Waals surface area (Å²) in [6, 6.07) is 5.65. The van der Waals surface area contributed by atoms with Crippen LogP contribution in [-0.2, 0) is 11.2 Å². The Bertz CT molecular complexity index is 646. The molecule has 108 valence electrons. The van der Waals surface area contributed by atoms with Gasteiger partial charge in [-0.3, -0.25) is 16.5 Å². The van der Waals surface area contributed by atoms with Crippen molar-refractivity contribution < 1.29 is 14.3 Å². The molecule has 2 aromatic rings. The average molecular weight is 278 g/mol. The van der Waals surface area contributed by atoms with E-state index in [1.165, 1.54) is 0 Å². The third kappa shape index (κ3) is 3.14. The number of hydrogen-bond donors (Lipinski definition) is 4. The molecule has 0 fully saturated rings. The first-order valence-electron chi connectivity index (χ1n) is 5.85. The Morgan fingerprint density at radius 1 is 1.40 bits per heavy atom. The van der Waals surface area contributed by atoms with Crippen LogP contribution in [-0.4, -0.2) is 16.8 Å². The number of nitrogens with two attached hydrogens (primary N) is 3. The Morgan fingerprint density at radius 3 is 2.60 bits per heavy atom. The summed E-state index contributed by atoms with van der Waals surface area (Å²) in [7, 11) is 0. The molecule has 0 saturated carbocycles. The largest absolute Gasteiger partial charge is 0.481 e. The topological polar surface area (TPSA) is 141 Å². The number of hydrogen-bond acceptors (Lipinski definition) is 6. The van der Waals surface area contributed by atoms with Gasteiger partial charge in [-0.1, -0.05) is 12.1 Å². The highest BCUT2D eigenvalue weighted by molar-refractivity contribution is 6.03. The quantitative estimate of drug-likeness (QED) is 0.373. The van der Waals surface area contributed by atoms with Crippen molar-refractivity contribution in [3.05, 3.63) is 35.1 Å². The molecule has 0 aliphatic carbocycles. The number of carboxylic acids is 1. The van der Waals surface area contributed by atoms with Gasteiger partial charge in [-0.05, 0) is 25.5 Å². The van der Waals surface area contributed by atoms with E-state index in [9.17, 15) is 4.79 Å². The second kappa shape index (κ2) is 6.69. The van der Waals surface area contributed by atoms with Crippen LogP contribution in [0.4, 0.5) is 0 Å². The van der Waals surface area contributed by atoms with Gasteiger partial charge < -0.3 is 15.4 Å². The van der Waals surface area contributed by atoms with Crippen LogP contribution in [0.5, 0.6) is 0 Å². The van der Waals surface area contributed by atoms with Crippen LogP contribution >= 0.6 is 0 Å². The lowest BCUT2D eigenvalue weighted by Crippen LogP contribution is -2.06. The van der Waals surface area contributed by atoms with Crippen molar-refractivity contribution in [2.45, 2.75) is 20.3 Å². The molecule has 7 heteroatoms. The summed E-state index contributed by atoms with van der Waals surface area (Å²) in [6.07, 6.45) is -0.113. The van der Waals surface area contributed by atoms with E-state index in [1.807, 2.05) is 25.1 Å². The molecule has 0 aliphatic heterocycles. The maximum Gasteiger partial charge on any atom is 0.307 e. The molecule has 1 aromatic heterocycles. The van der Waals surface area contributed by atoms with Crippen LogP contribution in [0.2, 0.25) is 0 Å². The molecule has 0 amide bonds. The summed E-state index contributed by atoms with van der Waals surface area (Å²) < 4.78 is 5.66. The minimum Gasteiger partial charge on any atom is -0.481 e. The molecule has 7 nitrogen and oxygen atoms in total. The summed E-state index contributed by atoms with van der Waals surface area (Å²) >= 11 is 0. The number of hydrazone groups is 1. The molecular formula is C13H18N4O3. The molecule has 0 bridgehead atoms. The first kappa shape index (κ1) is 15.7. The van der Waals surface area contributed by atoms with Crippen LogP contribution < -0.4 is 17.5 Å². The van der Waals surface area contributed by atoms with Crippen LogP contribution in [0.25, 0.3) is 11.0 Å². The van der Waals surface area contributed by atoms with E-state index in [-0.39, 0.29) is 6.42 Å². The van der Waals surface area contributed by atoms with E-state index >= 15 is 0 Å². The number of benzene rings is 1. The zero-order valence-corrected chi connectivity index (χ0v) is 11.4. The lowest BCUT2D eigenvalue weighted by Gasteiger charge is -1.98. The SMILES string of the molecule is C/C(=N\N)c1oc2cc(C)ccc2c1CC(=O)O.NN. The molecule has 0 atom stereocenters. The summed E-state index contributed by atoms with van der Waals surface area (Å²) in [6.45, 7) is 3.64. The number of fused-ring (bicyclic) bond motifs is 1. The maximum atomic E-state index is 10.9. The third-order valence-electron chi connectivity index (χ3n) is 2.80. The molecule has 7 N–H and O–H groups in total. The molecule has 0 radical (unpaired) electrons. The van der Waals surface area contributed by atoms with Crippen molar-refractivity contribution in [3.63, 3.8) is 0 Å². The Kier molecular flexibility index (Phi) is 5.24. The van der Waals surface area contributed by atoms with Gasteiger partial charge in [-0.2, -0.15) is 5.10 Å². The normalized spacial score (nSPS) is 11.1. The second-order valence-corrected chi connectivity index (χ2v) is 4.19. The van der Waals surface area contributed by atoms with E-state index in [1.54, 1.807) is 6.92 Å². The summed E-state index contributed by atoms with van der Waals surface area (Å²) in [5, 5.41) is 13.3.